The van der Waals surface area contributed by atoms with Crippen molar-refractivity contribution >= 4 is 42.3 Å². The van der Waals surface area contributed by atoms with Crippen LogP contribution in [0.1, 0.15) is 12.0 Å². The Balaban J connectivity index is 0.000000847. The number of aliphatic imine (C=N–C) groups is 1. The molecule has 0 aromatic heterocycles. The number of halogens is 3. The molecule has 1 fully saturated rings. The van der Waals surface area contributed by atoms with E-state index in [-0.39, 0.29) is 5.92 Å². The molecule has 0 spiro atoms. The lowest BCUT2D eigenvalue weighted by molar-refractivity contribution is 0.00292. The van der Waals surface area contributed by atoms with E-state index in [9.17, 15) is 8.78 Å². The van der Waals surface area contributed by atoms with Crippen molar-refractivity contribution in [3.63, 3.8) is 0 Å². The lowest BCUT2D eigenvalue weighted by Gasteiger charge is -2.44. The fraction of sp³-hybridized carbons (Fsp3) is 0.500. The third-order valence-electron chi connectivity index (χ3n) is 3.85. The molecule has 1 aromatic carbocycles. The van der Waals surface area contributed by atoms with E-state index >= 15 is 0 Å². The molecule has 0 aliphatic carbocycles. The van der Waals surface area contributed by atoms with Crippen molar-refractivity contribution in [2.45, 2.75) is 12.0 Å². The zero-order valence-corrected chi connectivity index (χ0v) is 15.7. The first-order valence-corrected chi connectivity index (χ1v) is 9.91. The summed E-state index contributed by atoms with van der Waals surface area (Å²) in [6, 6.07) is 3.69. The van der Waals surface area contributed by atoms with Crippen LogP contribution in [0.2, 0.25) is 0 Å². The third kappa shape index (κ3) is 3.48. The lowest BCUT2D eigenvalue weighted by Crippen LogP contribution is -2.48. The highest BCUT2D eigenvalue weighted by atomic mass is 79.9. The van der Waals surface area contributed by atoms with Gasteiger partial charge in [-0.15, -0.1) is 0 Å². The number of fused-ring (bicyclic) bond motifs is 1. The quantitative estimate of drug-likeness (QED) is 0.566. The molecular weight excluding hydrogens is 393 g/mol. The zero-order valence-electron chi connectivity index (χ0n) is 12.1. The number of nitrogens with zero attached hydrogens (tertiary/aromatic N) is 1. The van der Waals surface area contributed by atoms with E-state index < -0.39 is 17.2 Å². The molecule has 0 saturated carbocycles. The number of amidine groups is 1. The highest BCUT2D eigenvalue weighted by Crippen LogP contribution is 2.45. The average Bonchev–Trinajstić information content (AvgIpc) is 2.55. The molecule has 3 unspecified atom stereocenters. The van der Waals surface area contributed by atoms with Crippen molar-refractivity contribution in [1.82, 2.24) is 5.09 Å². The van der Waals surface area contributed by atoms with Crippen LogP contribution in [-0.4, -0.2) is 30.0 Å². The molecule has 2 aliphatic heterocycles. The lowest BCUT2D eigenvalue weighted by atomic mass is 9.76. The minimum atomic E-state index is -0.750. The number of nitrogens with one attached hydrogen (secondary N) is 1. The Labute approximate surface area is 144 Å². The second-order valence-electron chi connectivity index (χ2n) is 4.96. The van der Waals surface area contributed by atoms with E-state index in [0.717, 1.165) is 23.4 Å². The van der Waals surface area contributed by atoms with E-state index in [4.69, 9.17) is 4.74 Å². The molecule has 1 saturated heterocycles. The summed E-state index contributed by atoms with van der Waals surface area (Å²) in [5.41, 5.74) is -0.332. The molecule has 3 nitrogen and oxygen atoms in total. The first-order chi connectivity index (χ1) is 10.7. The highest BCUT2D eigenvalue weighted by molar-refractivity contribution is 9.08. The standard InChI is InChI=1S/C13H15F2N2OPS.CH3Br/c14-9-1-2-10(11(15)5-9)13-7-18-4-3-8(13)6-20-12(16-13)17-19;1-2/h1-2,5,8H,3-4,6-7,19H2,(H,16,17);1H3. The monoisotopic (exact) mass is 410 g/mol. The number of benzene rings is 1. The summed E-state index contributed by atoms with van der Waals surface area (Å²) in [5.74, 6) is 1.73. The molecule has 122 valence electrons. The Morgan fingerprint density at radius 2 is 2.23 bits per heavy atom. The number of hydrogen-bond donors (Lipinski definition) is 1. The van der Waals surface area contributed by atoms with Crippen LogP contribution in [0.4, 0.5) is 8.78 Å². The van der Waals surface area contributed by atoms with Gasteiger partial charge in [0.05, 0.1) is 6.61 Å². The van der Waals surface area contributed by atoms with Crippen molar-refractivity contribution in [3.05, 3.63) is 35.4 Å². The molecule has 8 heteroatoms. The van der Waals surface area contributed by atoms with Crippen LogP contribution in [0.25, 0.3) is 0 Å². The molecule has 2 aliphatic rings. The molecule has 22 heavy (non-hydrogen) atoms. The molecule has 1 aromatic rings. The van der Waals surface area contributed by atoms with Crippen molar-refractivity contribution < 1.29 is 13.5 Å². The van der Waals surface area contributed by atoms with Crippen LogP contribution >= 0.6 is 37.1 Å². The van der Waals surface area contributed by atoms with Crippen LogP contribution in [0, 0.1) is 17.6 Å². The van der Waals surface area contributed by atoms with Crippen LogP contribution in [-0.2, 0) is 10.3 Å². The van der Waals surface area contributed by atoms with Gasteiger partial charge in [0.25, 0.3) is 0 Å². The summed E-state index contributed by atoms with van der Waals surface area (Å²) < 4.78 is 33.0. The molecule has 0 amide bonds. The fourth-order valence-electron chi connectivity index (χ4n) is 2.82. The van der Waals surface area contributed by atoms with E-state index in [1.54, 1.807) is 11.8 Å². The topological polar surface area (TPSA) is 33.6 Å². The van der Waals surface area contributed by atoms with Gasteiger partial charge in [-0.3, -0.25) is 0 Å². The van der Waals surface area contributed by atoms with Crippen LogP contribution in [0.5, 0.6) is 0 Å². The number of thioether (sulfide) groups is 1. The Morgan fingerprint density at radius 1 is 1.45 bits per heavy atom. The van der Waals surface area contributed by atoms with Crippen molar-refractivity contribution in [1.29, 1.82) is 0 Å². The maximum absolute atomic E-state index is 14.2. The maximum Gasteiger partial charge on any atom is 0.160 e. The van der Waals surface area contributed by atoms with Gasteiger partial charge >= 0.3 is 0 Å². The van der Waals surface area contributed by atoms with Crippen molar-refractivity contribution in [3.8, 4) is 0 Å². The number of ether oxygens (including phenoxy) is 1. The maximum atomic E-state index is 14.2. The van der Waals surface area contributed by atoms with E-state index in [0.29, 0.717) is 18.8 Å². The predicted molar refractivity (Wildman–Crippen MR) is 94.6 cm³/mol. The van der Waals surface area contributed by atoms with E-state index in [2.05, 4.69) is 35.4 Å². The largest absolute Gasteiger partial charge is 0.379 e. The zero-order chi connectivity index (χ0) is 16.2. The Kier molecular flexibility index (Phi) is 6.62. The summed E-state index contributed by atoms with van der Waals surface area (Å²) in [6.45, 7) is 0.992. The molecule has 3 atom stereocenters. The van der Waals surface area contributed by atoms with Gasteiger partial charge in [0, 0.05) is 29.9 Å². The van der Waals surface area contributed by atoms with Gasteiger partial charge in [-0.05, 0) is 27.7 Å². The highest BCUT2D eigenvalue weighted by Gasteiger charge is 2.47. The second kappa shape index (κ2) is 8.04. The van der Waals surface area contributed by atoms with Crippen molar-refractivity contribution in [2.24, 2.45) is 10.9 Å². The third-order valence-corrected chi connectivity index (χ3v) is 5.39. The van der Waals surface area contributed by atoms with E-state index in [1.165, 1.54) is 12.1 Å². The van der Waals surface area contributed by atoms with Crippen molar-refractivity contribution in [2.75, 3.05) is 24.8 Å². The minimum absolute atomic E-state index is 0.198. The van der Waals surface area contributed by atoms with Gasteiger partial charge in [-0.2, -0.15) is 0 Å². The summed E-state index contributed by atoms with van der Waals surface area (Å²) >= 11 is 4.55. The van der Waals surface area contributed by atoms with E-state index in [1.807, 2.05) is 5.83 Å². The summed E-state index contributed by atoms with van der Waals surface area (Å²) in [7, 11) is 2.40. The van der Waals surface area contributed by atoms with Crippen LogP contribution in [0.3, 0.4) is 0 Å². The number of alkyl halides is 1. The van der Waals surface area contributed by atoms with Gasteiger partial charge in [0.15, 0.2) is 5.17 Å². The Bertz CT molecular complexity index is 564. The summed E-state index contributed by atoms with van der Waals surface area (Å²) in [5, 5.41) is 3.68. The number of hydrogen-bond acceptors (Lipinski definition) is 4. The summed E-state index contributed by atoms with van der Waals surface area (Å²) in [4.78, 5) is 4.67. The Morgan fingerprint density at radius 3 is 2.91 bits per heavy atom. The normalized spacial score (nSPS) is 27.1. The molecule has 3 rings (SSSR count). The number of rotatable bonds is 1. The molecule has 1 N–H and O–H groups in total. The van der Waals surface area contributed by atoms with Gasteiger partial charge in [-0.1, -0.05) is 33.8 Å². The first-order valence-electron chi connectivity index (χ1n) is 6.76. The van der Waals surface area contributed by atoms with Gasteiger partial charge in [-0.25, -0.2) is 13.8 Å². The molecular formula is C14H18BrF2N2OPS. The van der Waals surface area contributed by atoms with Gasteiger partial charge in [0.1, 0.15) is 17.2 Å². The Hall–Kier alpha value is -0.230. The first kappa shape index (κ1) is 18.1. The molecule has 0 bridgehead atoms. The summed E-state index contributed by atoms with van der Waals surface area (Å²) in [6.07, 6.45) is 0.831. The second-order valence-corrected chi connectivity index (χ2v) is 6.26. The smallest absolute Gasteiger partial charge is 0.160 e. The van der Waals surface area contributed by atoms with Gasteiger partial charge in [0.2, 0.25) is 0 Å². The SMILES string of the molecule is CBr.Fc1ccc(C23COCCC2CSC(NP)=N3)c(F)c1. The van der Waals surface area contributed by atoms with Crippen LogP contribution in [0.15, 0.2) is 23.2 Å². The fourth-order valence-corrected chi connectivity index (χ4v) is 4.25. The average molecular weight is 411 g/mol. The molecule has 0 radical (unpaired) electrons. The van der Waals surface area contributed by atoms with Gasteiger partial charge < -0.3 is 9.82 Å². The minimum Gasteiger partial charge on any atom is -0.379 e. The molecule has 2 heterocycles. The van der Waals surface area contributed by atoms with Crippen LogP contribution < -0.4 is 5.09 Å². The predicted octanol–water partition coefficient (Wildman–Crippen LogP) is 3.69.